The van der Waals surface area contributed by atoms with Gasteiger partial charge in [0.1, 0.15) is 0 Å². The van der Waals surface area contributed by atoms with Crippen molar-refractivity contribution in [3.05, 3.63) is 46.7 Å². The summed E-state index contributed by atoms with van der Waals surface area (Å²) >= 11 is 6.05. The second-order valence-electron chi connectivity index (χ2n) is 4.70. The fourth-order valence-corrected chi connectivity index (χ4v) is 2.47. The molecule has 21 heavy (non-hydrogen) atoms. The van der Waals surface area contributed by atoms with E-state index in [1.165, 1.54) is 0 Å². The van der Waals surface area contributed by atoms with Gasteiger partial charge in [-0.15, -0.1) is 0 Å². The van der Waals surface area contributed by atoms with Gasteiger partial charge in [0.05, 0.1) is 28.9 Å². The van der Waals surface area contributed by atoms with Crippen molar-refractivity contribution in [3.8, 4) is 0 Å². The number of nitrogens with zero attached hydrogens (tertiary/aromatic N) is 2. The van der Waals surface area contributed by atoms with Crippen molar-refractivity contribution in [1.29, 1.82) is 0 Å². The Labute approximate surface area is 126 Å². The number of aromatic nitrogens is 2. The van der Waals surface area contributed by atoms with Crippen LogP contribution >= 0.6 is 11.6 Å². The Morgan fingerprint density at radius 3 is 2.90 bits per heavy atom. The molecule has 0 atom stereocenters. The number of ether oxygens (including phenoxy) is 1. The van der Waals surface area contributed by atoms with Crippen LogP contribution in [0.4, 0.5) is 0 Å². The summed E-state index contributed by atoms with van der Waals surface area (Å²) in [4.78, 5) is 20.8. The van der Waals surface area contributed by atoms with Crippen LogP contribution < -0.4 is 0 Å². The van der Waals surface area contributed by atoms with E-state index >= 15 is 0 Å². The quantitative estimate of drug-likeness (QED) is 0.531. The summed E-state index contributed by atoms with van der Waals surface area (Å²) in [6.45, 7) is 3.91. The number of hydrogen-bond donors (Lipinski definition) is 0. The Kier molecular flexibility index (Phi) is 3.47. The molecule has 2 aromatic heterocycles. The molecule has 1 aromatic carbocycles. The molecule has 0 aliphatic carbocycles. The number of pyridine rings is 2. The number of carbonyl (C=O) groups is 1. The third-order valence-electron chi connectivity index (χ3n) is 3.29. The van der Waals surface area contributed by atoms with Gasteiger partial charge in [-0.25, -0.2) is 4.79 Å². The van der Waals surface area contributed by atoms with E-state index in [4.69, 9.17) is 16.3 Å². The summed E-state index contributed by atoms with van der Waals surface area (Å²) in [5, 5.41) is 2.29. The molecule has 4 nitrogen and oxygen atoms in total. The largest absolute Gasteiger partial charge is 0.462 e. The van der Waals surface area contributed by atoms with Gasteiger partial charge in [-0.3, -0.25) is 9.97 Å². The number of rotatable bonds is 2. The molecule has 0 amide bonds. The van der Waals surface area contributed by atoms with Crippen molar-refractivity contribution in [2.75, 3.05) is 6.61 Å². The second-order valence-corrected chi connectivity index (χ2v) is 5.14. The van der Waals surface area contributed by atoms with Gasteiger partial charge in [0, 0.05) is 22.0 Å². The molecule has 0 aliphatic heterocycles. The zero-order chi connectivity index (χ0) is 15.0. The molecule has 0 saturated carbocycles. The molecule has 106 valence electrons. The Morgan fingerprint density at radius 1 is 1.33 bits per heavy atom. The van der Waals surface area contributed by atoms with Crippen LogP contribution in [0.2, 0.25) is 5.02 Å². The molecular formula is C16H13ClN2O2. The fourth-order valence-electron chi connectivity index (χ4n) is 2.30. The molecule has 5 heteroatoms. The van der Waals surface area contributed by atoms with Gasteiger partial charge < -0.3 is 4.74 Å². The lowest BCUT2D eigenvalue weighted by Gasteiger charge is -2.08. The van der Waals surface area contributed by atoms with Crippen molar-refractivity contribution in [2.45, 2.75) is 13.8 Å². The first-order valence-corrected chi connectivity index (χ1v) is 7.00. The van der Waals surface area contributed by atoms with Crippen LogP contribution in [0.3, 0.4) is 0 Å². The summed E-state index contributed by atoms with van der Waals surface area (Å²) < 4.78 is 5.04. The maximum Gasteiger partial charge on any atom is 0.339 e. The molecule has 2 heterocycles. The van der Waals surface area contributed by atoms with E-state index < -0.39 is 0 Å². The zero-order valence-corrected chi connectivity index (χ0v) is 12.4. The minimum absolute atomic E-state index is 0.335. The molecule has 0 bridgehead atoms. The van der Waals surface area contributed by atoms with Crippen molar-refractivity contribution >= 4 is 39.4 Å². The van der Waals surface area contributed by atoms with Crippen molar-refractivity contribution in [2.24, 2.45) is 0 Å². The van der Waals surface area contributed by atoms with Crippen LogP contribution in [-0.4, -0.2) is 22.5 Å². The highest BCUT2D eigenvalue weighted by Crippen LogP contribution is 2.26. The lowest BCUT2D eigenvalue weighted by atomic mass is 10.1. The summed E-state index contributed by atoms with van der Waals surface area (Å²) in [6.07, 6.45) is 1.71. The summed E-state index contributed by atoms with van der Waals surface area (Å²) in [5.74, 6) is -0.365. The topological polar surface area (TPSA) is 52.1 Å². The molecule has 0 N–H and O–H groups in total. The molecule has 0 fully saturated rings. The van der Waals surface area contributed by atoms with Gasteiger partial charge >= 0.3 is 5.97 Å². The molecule has 0 saturated heterocycles. The maximum absolute atomic E-state index is 11.9. The lowest BCUT2D eigenvalue weighted by Crippen LogP contribution is -2.08. The number of esters is 1. The molecule has 0 spiro atoms. The molecule has 0 aliphatic rings. The van der Waals surface area contributed by atoms with Gasteiger partial charge in [-0.2, -0.15) is 0 Å². The van der Waals surface area contributed by atoms with E-state index in [0.29, 0.717) is 22.9 Å². The normalized spacial score (nSPS) is 11.0. The Morgan fingerprint density at radius 2 is 2.14 bits per heavy atom. The molecular weight excluding hydrogens is 288 g/mol. The highest BCUT2D eigenvalue weighted by Gasteiger charge is 2.14. The van der Waals surface area contributed by atoms with Gasteiger partial charge in [0.2, 0.25) is 0 Å². The number of halogens is 1. The predicted molar refractivity (Wildman–Crippen MR) is 82.7 cm³/mol. The fraction of sp³-hybridized carbons (Fsp3) is 0.188. The summed E-state index contributed by atoms with van der Waals surface area (Å²) in [6, 6.07) is 7.25. The lowest BCUT2D eigenvalue weighted by molar-refractivity contribution is 0.0525. The van der Waals surface area contributed by atoms with E-state index in [-0.39, 0.29) is 5.97 Å². The first-order valence-electron chi connectivity index (χ1n) is 6.63. The van der Waals surface area contributed by atoms with Crippen LogP contribution in [0.15, 0.2) is 30.5 Å². The average molecular weight is 301 g/mol. The molecule has 0 unspecified atom stereocenters. The number of fused-ring (bicyclic) bond motifs is 3. The van der Waals surface area contributed by atoms with Crippen LogP contribution in [-0.2, 0) is 4.74 Å². The number of hydrogen-bond acceptors (Lipinski definition) is 4. The van der Waals surface area contributed by atoms with Crippen molar-refractivity contribution in [3.63, 3.8) is 0 Å². The first-order chi connectivity index (χ1) is 10.1. The van der Waals surface area contributed by atoms with E-state index in [1.54, 1.807) is 32.2 Å². The van der Waals surface area contributed by atoms with E-state index in [0.717, 1.165) is 21.8 Å². The van der Waals surface area contributed by atoms with Gasteiger partial charge in [-0.1, -0.05) is 11.6 Å². The first kappa shape index (κ1) is 13.8. The van der Waals surface area contributed by atoms with Crippen LogP contribution in [0, 0.1) is 6.92 Å². The second kappa shape index (κ2) is 5.30. The number of aryl methyl sites for hydroxylation is 1. The minimum atomic E-state index is -0.365. The summed E-state index contributed by atoms with van der Waals surface area (Å²) in [5.41, 5.74) is 2.71. The Hall–Kier alpha value is -2.20. The smallest absolute Gasteiger partial charge is 0.339 e. The third kappa shape index (κ3) is 2.43. The van der Waals surface area contributed by atoms with E-state index in [9.17, 15) is 4.79 Å². The highest BCUT2D eigenvalue weighted by molar-refractivity contribution is 6.31. The van der Waals surface area contributed by atoms with Crippen LogP contribution in [0.5, 0.6) is 0 Å². The molecule has 3 aromatic rings. The van der Waals surface area contributed by atoms with Crippen LogP contribution in [0.25, 0.3) is 21.8 Å². The van der Waals surface area contributed by atoms with Crippen molar-refractivity contribution < 1.29 is 9.53 Å². The van der Waals surface area contributed by atoms with Gasteiger partial charge in [0.25, 0.3) is 0 Å². The number of benzene rings is 1. The third-order valence-corrected chi connectivity index (χ3v) is 3.53. The van der Waals surface area contributed by atoms with Crippen LogP contribution in [0.1, 0.15) is 23.0 Å². The van der Waals surface area contributed by atoms with Gasteiger partial charge in [0.15, 0.2) is 0 Å². The molecule has 0 radical (unpaired) electrons. The predicted octanol–water partition coefficient (Wildman–Crippen LogP) is 3.92. The SMILES string of the molecule is CCOC(=O)c1cc2cnc3ccc(Cl)cc3c2nc1C. The van der Waals surface area contributed by atoms with E-state index in [2.05, 4.69) is 9.97 Å². The maximum atomic E-state index is 11.9. The monoisotopic (exact) mass is 300 g/mol. The standard InChI is InChI=1S/C16H13ClN2O2/c1-3-21-16(20)12-6-10-8-18-14-5-4-11(17)7-13(14)15(10)19-9(12)2/h4-8H,3H2,1-2H3. The van der Waals surface area contributed by atoms with Gasteiger partial charge in [-0.05, 0) is 38.1 Å². The molecule has 3 rings (SSSR count). The summed E-state index contributed by atoms with van der Waals surface area (Å²) in [7, 11) is 0. The minimum Gasteiger partial charge on any atom is -0.462 e. The average Bonchev–Trinajstić information content (AvgIpc) is 2.47. The highest BCUT2D eigenvalue weighted by atomic mass is 35.5. The zero-order valence-electron chi connectivity index (χ0n) is 11.7. The number of carbonyl (C=O) groups excluding carboxylic acids is 1. The van der Waals surface area contributed by atoms with E-state index in [1.807, 2.05) is 12.1 Å². The van der Waals surface area contributed by atoms with Crippen molar-refractivity contribution in [1.82, 2.24) is 9.97 Å². The Bertz CT molecular complexity index is 862. The Balaban J connectivity index is 2.29.